The molecule has 1 unspecified atom stereocenters. The Morgan fingerprint density at radius 1 is 1.07 bits per heavy atom. The third-order valence-corrected chi connectivity index (χ3v) is 5.80. The molecule has 0 aliphatic heterocycles. The molecule has 0 saturated carbocycles. The van der Waals surface area contributed by atoms with Crippen LogP contribution in [-0.4, -0.2) is 43.4 Å². The summed E-state index contributed by atoms with van der Waals surface area (Å²) in [6.45, 7) is 4.94. The molecule has 2 aromatic rings. The number of hydrogen-bond donors (Lipinski definition) is 2. The molecule has 0 aromatic heterocycles. The first kappa shape index (κ1) is 20.4. The van der Waals surface area contributed by atoms with Crippen molar-refractivity contribution in [2.24, 2.45) is 0 Å². The molecule has 8 heteroatoms. The van der Waals surface area contributed by atoms with E-state index in [2.05, 4.69) is 4.72 Å². The van der Waals surface area contributed by atoms with Crippen LogP contribution in [0.5, 0.6) is 0 Å². The molecule has 0 radical (unpaired) electrons. The van der Waals surface area contributed by atoms with Crippen LogP contribution in [-0.2, 0) is 14.8 Å². The quantitative estimate of drug-likeness (QED) is 0.789. The molecular weight excluding hydrogens is 368 g/mol. The van der Waals surface area contributed by atoms with Crippen LogP contribution in [0, 0.1) is 13.8 Å². The minimum atomic E-state index is -3.76. The van der Waals surface area contributed by atoms with Gasteiger partial charge in [0.05, 0.1) is 4.90 Å². The van der Waals surface area contributed by atoms with Crippen molar-refractivity contribution in [1.82, 2.24) is 4.90 Å². The lowest BCUT2D eigenvalue weighted by molar-refractivity contribution is -0.141. The normalized spacial score (nSPS) is 12.3. The Morgan fingerprint density at radius 2 is 1.67 bits per heavy atom. The third kappa shape index (κ3) is 4.65. The summed E-state index contributed by atoms with van der Waals surface area (Å²) in [5, 5.41) is 9.00. The molecule has 0 aliphatic carbocycles. The molecule has 0 aliphatic rings. The fourth-order valence-corrected chi connectivity index (χ4v) is 3.82. The SMILES string of the molecule is Cc1ccc(C)c(S(=O)(=O)Nc2ccc(C(=O)N(C)C(C)C(=O)O)cc2)c1. The van der Waals surface area contributed by atoms with Gasteiger partial charge in [-0.2, -0.15) is 0 Å². The molecule has 0 fully saturated rings. The van der Waals surface area contributed by atoms with Crippen molar-refractivity contribution in [1.29, 1.82) is 0 Å². The average molecular weight is 390 g/mol. The fourth-order valence-electron chi connectivity index (χ4n) is 2.43. The second kappa shape index (κ2) is 7.79. The molecule has 1 amide bonds. The number of aliphatic carboxylic acids is 1. The van der Waals surface area contributed by atoms with Crippen LogP contribution in [0.25, 0.3) is 0 Å². The maximum Gasteiger partial charge on any atom is 0.326 e. The Balaban J connectivity index is 2.21. The van der Waals surface area contributed by atoms with E-state index in [4.69, 9.17) is 5.11 Å². The summed E-state index contributed by atoms with van der Waals surface area (Å²) in [7, 11) is -2.36. The number of aryl methyl sites for hydroxylation is 2. The Hall–Kier alpha value is -2.87. The number of carbonyl (C=O) groups excluding carboxylic acids is 1. The summed E-state index contributed by atoms with van der Waals surface area (Å²) in [6.07, 6.45) is 0. The number of likely N-dealkylation sites (N-methyl/N-ethyl adjacent to an activating group) is 1. The van der Waals surface area contributed by atoms with Gasteiger partial charge in [0, 0.05) is 18.3 Å². The Labute approximate surface area is 158 Å². The first-order valence-corrected chi connectivity index (χ1v) is 9.71. The van der Waals surface area contributed by atoms with E-state index < -0.39 is 27.9 Å². The lowest BCUT2D eigenvalue weighted by atomic mass is 10.1. The van der Waals surface area contributed by atoms with E-state index in [1.807, 2.05) is 13.0 Å². The lowest BCUT2D eigenvalue weighted by Gasteiger charge is -2.21. The van der Waals surface area contributed by atoms with Gasteiger partial charge < -0.3 is 10.0 Å². The minimum Gasteiger partial charge on any atom is -0.480 e. The number of nitrogens with zero attached hydrogens (tertiary/aromatic N) is 1. The van der Waals surface area contributed by atoms with E-state index >= 15 is 0 Å². The second-order valence-electron chi connectivity index (χ2n) is 6.38. The van der Waals surface area contributed by atoms with Crippen LogP contribution in [0.4, 0.5) is 5.69 Å². The van der Waals surface area contributed by atoms with Crippen molar-refractivity contribution in [3.05, 3.63) is 59.2 Å². The molecule has 2 rings (SSSR count). The summed E-state index contributed by atoms with van der Waals surface area (Å²) in [5.74, 6) is -1.57. The number of nitrogens with one attached hydrogen (secondary N) is 1. The summed E-state index contributed by atoms with van der Waals surface area (Å²) in [4.78, 5) is 24.6. The van der Waals surface area contributed by atoms with Crippen LogP contribution < -0.4 is 4.72 Å². The Kier molecular flexibility index (Phi) is 5.90. The Morgan fingerprint density at radius 3 is 2.22 bits per heavy atom. The molecule has 0 saturated heterocycles. The van der Waals surface area contributed by atoms with Gasteiger partial charge in [0.15, 0.2) is 0 Å². The van der Waals surface area contributed by atoms with Gasteiger partial charge in [0.2, 0.25) is 0 Å². The third-order valence-electron chi connectivity index (χ3n) is 4.28. The first-order chi connectivity index (χ1) is 12.5. The standard InChI is InChI=1S/C19H22N2O5S/c1-12-5-6-13(2)17(11-12)27(25,26)20-16-9-7-15(8-10-16)18(22)21(4)14(3)19(23)24/h5-11,14,20H,1-4H3,(H,23,24). The largest absolute Gasteiger partial charge is 0.480 e. The molecule has 2 aromatic carbocycles. The van der Waals surface area contributed by atoms with E-state index in [0.29, 0.717) is 11.3 Å². The van der Waals surface area contributed by atoms with Gasteiger partial charge >= 0.3 is 5.97 Å². The van der Waals surface area contributed by atoms with E-state index in [1.165, 1.54) is 38.2 Å². The molecule has 7 nitrogen and oxygen atoms in total. The molecule has 0 spiro atoms. The molecule has 0 bridgehead atoms. The maximum atomic E-state index is 12.6. The van der Waals surface area contributed by atoms with E-state index in [9.17, 15) is 18.0 Å². The molecular formula is C19H22N2O5S. The summed E-state index contributed by atoms with van der Waals surface area (Å²) >= 11 is 0. The van der Waals surface area contributed by atoms with Crippen LogP contribution in [0.1, 0.15) is 28.4 Å². The second-order valence-corrected chi connectivity index (χ2v) is 8.03. The highest BCUT2D eigenvalue weighted by Gasteiger charge is 2.23. The van der Waals surface area contributed by atoms with Crippen molar-refractivity contribution in [3.63, 3.8) is 0 Å². The monoisotopic (exact) mass is 390 g/mol. The first-order valence-electron chi connectivity index (χ1n) is 8.23. The number of sulfonamides is 1. The van der Waals surface area contributed by atoms with Gasteiger partial charge in [0.1, 0.15) is 6.04 Å². The number of amides is 1. The number of carboxylic acids is 1. The summed E-state index contributed by atoms with van der Waals surface area (Å²) in [5.41, 5.74) is 2.03. The van der Waals surface area contributed by atoms with Gasteiger partial charge in [-0.25, -0.2) is 13.2 Å². The fraction of sp³-hybridized carbons (Fsp3) is 0.263. The van der Waals surface area contributed by atoms with Crippen molar-refractivity contribution in [3.8, 4) is 0 Å². The highest BCUT2D eigenvalue weighted by molar-refractivity contribution is 7.92. The number of anilines is 1. The van der Waals surface area contributed by atoms with Gasteiger partial charge in [-0.15, -0.1) is 0 Å². The molecule has 144 valence electrons. The van der Waals surface area contributed by atoms with Crippen LogP contribution in [0.15, 0.2) is 47.4 Å². The van der Waals surface area contributed by atoms with Gasteiger partial charge in [-0.3, -0.25) is 9.52 Å². The number of carbonyl (C=O) groups is 2. The number of benzene rings is 2. The van der Waals surface area contributed by atoms with Crippen LogP contribution >= 0.6 is 0 Å². The Bertz CT molecular complexity index is 968. The summed E-state index contributed by atoms with van der Waals surface area (Å²) in [6, 6.07) is 10.0. The van der Waals surface area contributed by atoms with Gasteiger partial charge in [-0.05, 0) is 62.2 Å². The maximum absolute atomic E-state index is 12.6. The lowest BCUT2D eigenvalue weighted by Crippen LogP contribution is -2.40. The van der Waals surface area contributed by atoms with Crippen molar-refractivity contribution >= 4 is 27.6 Å². The minimum absolute atomic E-state index is 0.192. The molecule has 0 heterocycles. The topological polar surface area (TPSA) is 104 Å². The zero-order valence-electron chi connectivity index (χ0n) is 15.6. The molecule has 2 N–H and O–H groups in total. The van der Waals surface area contributed by atoms with Gasteiger partial charge in [0.25, 0.3) is 15.9 Å². The van der Waals surface area contributed by atoms with E-state index in [1.54, 1.807) is 19.1 Å². The zero-order valence-corrected chi connectivity index (χ0v) is 16.4. The van der Waals surface area contributed by atoms with E-state index in [0.717, 1.165) is 10.5 Å². The van der Waals surface area contributed by atoms with Crippen LogP contribution in [0.2, 0.25) is 0 Å². The molecule has 27 heavy (non-hydrogen) atoms. The highest BCUT2D eigenvalue weighted by Crippen LogP contribution is 2.21. The molecule has 1 atom stereocenters. The zero-order chi connectivity index (χ0) is 20.4. The predicted molar refractivity (Wildman–Crippen MR) is 102 cm³/mol. The predicted octanol–water partition coefficient (Wildman–Crippen LogP) is 2.65. The van der Waals surface area contributed by atoms with Crippen molar-refractivity contribution < 1.29 is 23.1 Å². The smallest absolute Gasteiger partial charge is 0.326 e. The summed E-state index contributed by atoms with van der Waals surface area (Å²) < 4.78 is 27.7. The number of hydrogen-bond acceptors (Lipinski definition) is 4. The van der Waals surface area contributed by atoms with Crippen molar-refractivity contribution in [2.45, 2.75) is 31.7 Å². The van der Waals surface area contributed by atoms with Gasteiger partial charge in [-0.1, -0.05) is 12.1 Å². The average Bonchev–Trinajstić information content (AvgIpc) is 2.62. The van der Waals surface area contributed by atoms with E-state index in [-0.39, 0.29) is 10.5 Å². The number of carboxylic acid groups (broad SMARTS) is 1. The van der Waals surface area contributed by atoms with Crippen LogP contribution in [0.3, 0.4) is 0 Å². The number of rotatable bonds is 6. The van der Waals surface area contributed by atoms with Crippen molar-refractivity contribution in [2.75, 3.05) is 11.8 Å². The highest BCUT2D eigenvalue weighted by atomic mass is 32.2.